The Morgan fingerprint density at radius 1 is 1.37 bits per heavy atom. The molecule has 1 unspecified atom stereocenters. The molecule has 0 amide bonds. The molecule has 0 bridgehead atoms. The summed E-state index contributed by atoms with van der Waals surface area (Å²) in [6.45, 7) is 3.79. The molecule has 1 saturated heterocycles. The third-order valence-electron chi connectivity index (χ3n) is 3.22. The summed E-state index contributed by atoms with van der Waals surface area (Å²) in [6, 6.07) is 6.80. The molecule has 1 atom stereocenters. The number of aliphatic hydroxyl groups is 1. The number of sulfonamides is 1. The summed E-state index contributed by atoms with van der Waals surface area (Å²) in [6.07, 6.45) is 1.25. The van der Waals surface area contributed by atoms with Crippen LogP contribution < -0.4 is 9.62 Å². The summed E-state index contributed by atoms with van der Waals surface area (Å²) in [5.74, 6) is 0. The normalized spacial score (nSPS) is 19.9. The summed E-state index contributed by atoms with van der Waals surface area (Å²) in [4.78, 5) is 2.34. The lowest BCUT2D eigenvalue weighted by Crippen LogP contribution is -2.24. The van der Waals surface area contributed by atoms with E-state index in [4.69, 9.17) is 0 Å². The minimum absolute atomic E-state index is 0.282. The Balaban J connectivity index is 2.10. The third-order valence-corrected chi connectivity index (χ3v) is 4.69. The molecule has 2 N–H and O–H groups in total. The Labute approximate surface area is 114 Å². The van der Waals surface area contributed by atoms with Crippen LogP contribution in [0.4, 0.5) is 5.69 Å². The zero-order valence-corrected chi connectivity index (χ0v) is 11.9. The maximum Gasteiger partial charge on any atom is 0.240 e. The Hall–Kier alpha value is -1.11. The molecule has 0 aromatic heterocycles. The summed E-state index contributed by atoms with van der Waals surface area (Å²) in [5.41, 5.74) is 0.950. The molecule has 1 fully saturated rings. The van der Waals surface area contributed by atoms with E-state index in [0.29, 0.717) is 13.1 Å². The zero-order valence-electron chi connectivity index (χ0n) is 11.0. The molecular formula is C13H20N2O3S. The van der Waals surface area contributed by atoms with Crippen molar-refractivity contribution in [2.24, 2.45) is 0 Å². The molecule has 1 aliphatic rings. The average Bonchev–Trinajstić information content (AvgIpc) is 2.83. The van der Waals surface area contributed by atoms with E-state index in [1.54, 1.807) is 24.3 Å². The van der Waals surface area contributed by atoms with Crippen molar-refractivity contribution >= 4 is 15.7 Å². The number of β-amino-alcohol motifs (C(OH)–C–C–N with tert-alkyl or cyclic N) is 1. The molecule has 6 heteroatoms. The van der Waals surface area contributed by atoms with E-state index in [9.17, 15) is 13.5 Å². The Kier molecular flexibility index (Phi) is 4.44. The second-order valence-corrected chi connectivity index (χ2v) is 6.55. The van der Waals surface area contributed by atoms with E-state index < -0.39 is 10.0 Å². The van der Waals surface area contributed by atoms with E-state index in [1.165, 1.54) is 0 Å². The van der Waals surface area contributed by atoms with Crippen molar-refractivity contribution in [2.45, 2.75) is 30.8 Å². The smallest absolute Gasteiger partial charge is 0.240 e. The van der Waals surface area contributed by atoms with Crippen molar-refractivity contribution in [3.8, 4) is 0 Å². The van der Waals surface area contributed by atoms with Crippen molar-refractivity contribution in [1.29, 1.82) is 0 Å². The first kappa shape index (κ1) is 14.3. The number of hydrogen-bond donors (Lipinski definition) is 2. The summed E-state index contributed by atoms with van der Waals surface area (Å²) < 4.78 is 26.4. The molecule has 1 aromatic carbocycles. The second-order valence-electron chi connectivity index (χ2n) is 4.78. The molecule has 2 rings (SSSR count). The summed E-state index contributed by atoms with van der Waals surface area (Å²) in [7, 11) is -3.39. The van der Waals surface area contributed by atoms with Crippen LogP contribution in [0.5, 0.6) is 0 Å². The van der Waals surface area contributed by atoms with Gasteiger partial charge in [0.2, 0.25) is 10.0 Å². The maximum atomic E-state index is 11.9. The van der Waals surface area contributed by atoms with Crippen molar-refractivity contribution < 1.29 is 13.5 Å². The number of aliphatic hydroxyl groups excluding tert-OH is 1. The van der Waals surface area contributed by atoms with Crippen LogP contribution in [0.1, 0.15) is 19.8 Å². The van der Waals surface area contributed by atoms with Crippen molar-refractivity contribution in [1.82, 2.24) is 4.72 Å². The molecule has 5 nitrogen and oxygen atoms in total. The molecule has 0 aliphatic carbocycles. The fraction of sp³-hybridized carbons (Fsp3) is 0.538. The van der Waals surface area contributed by atoms with Gasteiger partial charge in [-0.2, -0.15) is 0 Å². The standard InChI is InChI=1S/C13H20N2O3S/c1-2-8-14-19(17,18)13-5-3-11(4-6-13)15-9-7-12(16)10-15/h3-6,12,14,16H,2,7-10H2,1H3. The van der Waals surface area contributed by atoms with Gasteiger partial charge < -0.3 is 10.0 Å². The van der Waals surface area contributed by atoms with Crippen LogP contribution in [-0.2, 0) is 10.0 Å². The van der Waals surface area contributed by atoms with Gasteiger partial charge in [-0.25, -0.2) is 13.1 Å². The Bertz CT molecular complexity index is 513. The SMILES string of the molecule is CCCNS(=O)(=O)c1ccc(N2CCC(O)C2)cc1. The van der Waals surface area contributed by atoms with Crippen LogP contribution in [0.25, 0.3) is 0 Å². The van der Waals surface area contributed by atoms with Gasteiger partial charge in [-0.1, -0.05) is 6.92 Å². The van der Waals surface area contributed by atoms with Crippen LogP contribution in [0, 0.1) is 0 Å². The highest BCUT2D eigenvalue weighted by Gasteiger charge is 2.21. The van der Waals surface area contributed by atoms with E-state index in [2.05, 4.69) is 9.62 Å². The van der Waals surface area contributed by atoms with Crippen molar-refractivity contribution in [2.75, 3.05) is 24.5 Å². The lowest BCUT2D eigenvalue weighted by atomic mass is 10.3. The number of benzene rings is 1. The predicted octanol–water partition coefficient (Wildman–Crippen LogP) is 0.946. The van der Waals surface area contributed by atoms with E-state index >= 15 is 0 Å². The molecule has 19 heavy (non-hydrogen) atoms. The number of anilines is 1. The number of nitrogens with one attached hydrogen (secondary N) is 1. The molecule has 0 radical (unpaired) electrons. The molecule has 0 spiro atoms. The number of hydrogen-bond acceptors (Lipinski definition) is 4. The Morgan fingerprint density at radius 3 is 2.58 bits per heavy atom. The quantitative estimate of drug-likeness (QED) is 0.844. The minimum atomic E-state index is -3.39. The fourth-order valence-electron chi connectivity index (χ4n) is 2.13. The average molecular weight is 284 g/mol. The molecule has 106 valence electrons. The number of nitrogens with zero attached hydrogens (tertiary/aromatic N) is 1. The maximum absolute atomic E-state index is 11.9. The van der Waals surface area contributed by atoms with Gasteiger partial charge in [0.1, 0.15) is 0 Å². The van der Waals surface area contributed by atoms with E-state index in [0.717, 1.165) is 25.1 Å². The summed E-state index contributed by atoms with van der Waals surface area (Å²) in [5, 5.41) is 9.49. The topological polar surface area (TPSA) is 69.6 Å². The highest BCUT2D eigenvalue weighted by Crippen LogP contribution is 2.22. The first-order chi connectivity index (χ1) is 9.03. The van der Waals surface area contributed by atoms with Crippen molar-refractivity contribution in [3.05, 3.63) is 24.3 Å². The Morgan fingerprint density at radius 2 is 2.05 bits per heavy atom. The monoisotopic (exact) mass is 284 g/mol. The lowest BCUT2D eigenvalue weighted by molar-refractivity contribution is 0.198. The molecule has 1 aromatic rings. The largest absolute Gasteiger partial charge is 0.391 e. The molecule has 1 heterocycles. The highest BCUT2D eigenvalue weighted by molar-refractivity contribution is 7.89. The van der Waals surface area contributed by atoms with Gasteiger partial charge in [-0.05, 0) is 37.1 Å². The van der Waals surface area contributed by atoms with Crippen LogP contribution >= 0.6 is 0 Å². The predicted molar refractivity (Wildman–Crippen MR) is 74.8 cm³/mol. The third kappa shape index (κ3) is 3.46. The summed E-state index contributed by atoms with van der Waals surface area (Å²) >= 11 is 0. The van der Waals surface area contributed by atoms with Gasteiger partial charge >= 0.3 is 0 Å². The van der Waals surface area contributed by atoms with Gasteiger partial charge in [0, 0.05) is 25.3 Å². The van der Waals surface area contributed by atoms with Crippen molar-refractivity contribution in [3.63, 3.8) is 0 Å². The van der Waals surface area contributed by atoms with Gasteiger partial charge in [0.15, 0.2) is 0 Å². The minimum Gasteiger partial charge on any atom is -0.391 e. The number of rotatable bonds is 5. The fourth-order valence-corrected chi connectivity index (χ4v) is 3.27. The highest BCUT2D eigenvalue weighted by atomic mass is 32.2. The van der Waals surface area contributed by atoms with E-state index in [-0.39, 0.29) is 11.0 Å². The molecule has 0 saturated carbocycles. The van der Waals surface area contributed by atoms with Crippen LogP contribution in [-0.4, -0.2) is 39.3 Å². The second kappa shape index (κ2) is 5.90. The van der Waals surface area contributed by atoms with Gasteiger partial charge in [-0.3, -0.25) is 0 Å². The first-order valence-corrected chi connectivity index (χ1v) is 8.04. The van der Waals surface area contributed by atoms with Crippen LogP contribution in [0.2, 0.25) is 0 Å². The van der Waals surface area contributed by atoms with E-state index in [1.807, 2.05) is 6.92 Å². The van der Waals surface area contributed by atoms with Gasteiger partial charge in [-0.15, -0.1) is 0 Å². The first-order valence-electron chi connectivity index (χ1n) is 6.55. The lowest BCUT2D eigenvalue weighted by Gasteiger charge is -2.18. The zero-order chi connectivity index (χ0) is 13.9. The molecule has 1 aliphatic heterocycles. The van der Waals surface area contributed by atoms with Gasteiger partial charge in [0.05, 0.1) is 11.0 Å². The molecular weight excluding hydrogens is 264 g/mol. The van der Waals surface area contributed by atoms with Crippen LogP contribution in [0.3, 0.4) is 0 Å². The van der Waals surface area contributed by atoms with Gasteiger partial charge in [0.25, 0.3) is 0 Å². The van der Waals surface area contributed by atoms with Crippen LogP contribution in [0.15, 0.2) is 29.2 Å².